The van der Waals surface area contributed by atoms with Crippen LogP contribution in [0.15, 0.2) is 78.9 Å². The number of aromatic nitrogens is 2. The van der Waals surface area contributed by atoms with Gasteiger partial charge in [-0.15, -0.1) is 0 Å². The number of carbonyl (C=O) groups is 1. The molecule has 0 unspecified atom stereocenters. The third-order valence-corrected chi connectivity index (χ3v) is 5.37. The minimum absolute atomic E-state index is 0.225. The number of nitrogens with zero attached hydrogens (tertiary/aromatic N) is 2. The Labute approximate surface area is 183 Å². The van der Waals surface area contributed by atoms with Crippen molar-refractivity contribution >= 4 is 11.6 Å². The summed E-state index contributed by atoms with van der Waals surface area (Å²) in [7, 11) is 0. The highest BCUT2D eigenvalue weighted by molar-refractivity contribution is 6.03. The van der Waals surface area contributed by atoms with E-state index in [0.29, 0.717) is 11.6 Å². The van der Waals surface area contributed by atoms with Gasteiger partial charge in [0, 0.05) is 11.3 Å². The van der Waals surface area contributed by atoms with Gasteiger partial charge >= 0.3 is 0 Å². The van der Waals surface area contributed by atoms with Crippen LogP contribution in [0.25, 0.3) is 16.9 Å². The van der Waals surface area contributed by atoms with Crippen molar-refractivity contribution in [2.75, 3.05) is 5.32 Å². The van der Waals surface area contributed by atoms with Gasteiger partial charge in [-0.2, -0.15) is 5.10 Å². The van der Waals surface area contributed by atoms with Gasteiger partial charge in [-0.1, -0.05) is 67.9 Å². The molecule has 156 valence electrons. The number of carbonyl (C=O) groups excluding carboxylic acids is 1. The van der Waals surface area contributed by atoms with Crippen molar-refractivity contribution in [3.63, 3.8) is 0 Å². The zero-order valence-corrected chi connectivity index (χ0v) is 18.4. The highest BCUT2D eigenvalue weighted by Crippen LogP contribution is 2.26. The Morgan fingerprint density at radius 2 is 1.58 bits per heavy atom. The molecular weight excluding hydrogens is 382 g/mol. The molecule has 4 heteroatoms. The lowest BCUT2D eigenvalue weighted by Crippen LogP contribution is -2.13. The molecule has 0 atom stereocenters. The van der Waals surface area contributed by atoms with Crippen molar-refractivity contribution in [2.24, 2.45) is 0 Å². The van der Waals surface area contributed by atoms with Gasteiger partial charge in [0.1, 0.15) is 0 Å². The second-order valence-electron chi connectivity index (χ2n) is 8.26. The SMILES string of the molecule is Cc1ccc(-c2cc(C(=O)Nc3ccc(C(C)C)cc3)nn2-c2cccc(C)c2)cc1. The second-order valence-corrected chi connectivity index (χ2v) is 8.26. The monoisotopic (exact) mass is 409 g/mol. The van der Waals surface area contributed by atoms with Gasteiger partial charge in [0.05, 0.1) is 11.4 Å². The fourth-order valence-electron chi connectivity index (χ4n) is 3.53. The van der Waals surface area contributed by atoms with Crippen LogP contribution >= 0.6 is 0 Å². The number of amides is 1. The van der Waals surface area contributed by atoms with Crippen molar-refractivity contribution in [1.29, 1.82) is 0 Å². The predicted molar refractivity (Wildman–Crippen MR) is 127 cm³/mol. The third-order valence-electron chi connectivity index (χ3n) is 5.37. The van der Waals surface area contributed by atoms with Gasteiger partial charge in [-0.3, -0.25) is 4.79 Å². The van der Waals surface area contributed by atoms with E-state index in [1.165, 1.54) is 11.1 Å². The molecule has 3 aromatic carbocycles. The number of nitrogens with one attached hydrogen (secondary N) is 1. The summed E-state index contributed by atoms with van der Waals surface area (Å²) in [4.78, 5) is 13.0. The van der Waals surface area contributed by atoms with Crippen molar-refractivity contribution in [3.05, 3.63) is 101 Å². The fraction of sp³-hybridized carbons (Fsp3) is 0.185. The molecule has 0 bridgehead atoms. The van der Waals surface area contributed by atoms with Crippen LogP contribution in [0, 0.1) is 13.8 Å². The van der Waals surface area contributed by atoms with Crippen LogP contribution in [0.4, 0.5) is 5.69 Å². The Morgan fingerprint density at radius 3 is 2.23 bits per heavy atom. The number of aryl methyl sites for hydroxylation is 2. The second kappa shape index (κ2) is 8.60. The summed E-state index contributed by atoms with van der Waals surface area (Å²) >= 11 is 0. The molecule has 4 aromatic rings. The summed E-state index contributed by atoms with van der Waals surface area (Å²) in [5, 5.41) is 7.64. The number of anilines is 1. The Morgan fingerprint density at radius 1 is 0.871 bits per heavy atom. The topological polar surface area (TPSA) is 46.9 Å². The smallest absolute Gasteiger partial charge is 0.276 e. The summed E-state index contributed by atoms with van der Waals surface area (Å²) in [6.07, 6.45) is 0. The molecule has 1 heterocycles. The maximum atomic E-state index is 13.0. The van der Waals surface area contributed by atoms with E-state index in [4.69, 9.17) is 0 Å². The third kappa shape index (κ3) is 4.58. The number of hydrogen-bond acceptors (Lipinski definition) is 2. The molecular formula is C27H27N3O. The average molecular weight is 410 g/mol. The van der Waals surface area contributed by atoms with Crippen LogP contribution in [-0.4, -0.2) is 15.7 Å². The van der Waals surface area contributed by atoms with Crippen molar-refractivity contribution in [1.82, 2.24) is 9.78 Å². The van der Waals surface area contributed by atoms with Crippen LogP contribution < -0.4 is 5.32 Å². The zero-order chi connectivity index (χ0) is 22.0. The molecule has 1 N–H and O–H groups in total. The zero-order valence-electron chi connectivity index (χ0n) is 18.4. The van der Waals surface area contributed by atoms with Crippen LogP contribution in [0.1, 0.15) is 46.9 Å². The van der Waals surface area contributed by atoms with E-state index in [2.05, 4.69) is 61.5 Å². The van der Waals surface area contributed by atoms with Crippen molar-refractivity contribution in [2.45, 2.75) is 33.6 Å². The molecule has 1 aromatic heterocycles. The van der Waals surface area contributed by atoms with Crippen molar-refractivity contribution in [3.8, 4) is 16.9 Å². The average Bonchev–Trinajstić information content (AvgIpc) is 3.20. The fourth-order valence-corrected chi connectivity index (χ4v) is 3.53. The van der Waals surface area contributed by atoms with Gasteiger partial charge in [0.15, 0.2) is 5.69 Å². The van der Waals surface area contributed by atoms with E-state index in [9.17, 15) is 4.79 Å². The molecule has 0 aliphatic carbocycles. The van der Waals surface area contributed by atoms with Gasteiger partial charge in [0.2, 0.25) is 0 Å². The number of benzene rings is 3. The predicted octanol–water partition coefficient (Wildman–Crippen LogP) is 6.53. The lowest BCUT2D eigenvalue weighted by Gasteiger charge is -2.09. The maximum absolute atomic E-state index is 13.0. The molecule has 0 aliphatic rings. The number of hydrogen-bond donors (Lipinski definition) is 1. The molecule has 0 radical (unpaired) electrons. The normalized spacial score (nSPS) is 11.0. The maximum Gasteiger partial charge on any atom is 0.276 e. The van der Waals surface area contributed by atoms with E-state index in [1.807, 2.05) is 60.1 Å². The van der Waals surface area contributed by atoms with E-state index >= 15 is 0 Å². The Kier molecular flexibility index (Phi) is 5.72. The Balaban J connectivity index is 1.70. The van der Waals surface area contributed by atoms with E-state index in [0.717, 1.165) is 28.2 Å². The highest BCUT2D eigenvalue weighted by Gasteiger charge is 2.17. The standard InChI is InChI=1S/C27H27N3O/c1-18(2)21-12-14-23(15-13-21)28-27(31)25-17-26(22-10-8-19(3)9-11-22)30(29-25)24-7-5-6-20(4)16-24/h5-18H,1-4H3,(H,28,31). The van der Waals surface area contributed by atoms with Crippen LogP contribution in [0.3, 0.4) is 0 Å². The quantitative estimate of drug-likeness (QED) is 0.407. The molecule has 0 saturated heterocycles. The Hall–Kier alpha value is -3.66. The van der Waals surface area contributed by atoms with E-state index in [1.54, 1.807) is 0 Å². The lowest BCUT2D eigenvalue weighted by molar-refractivity contribution is 0.102. The molecule has 0 saturated carbocycles. The molecule has 4 nitrogen and oxygen atoms in total. The summed E-state index contributed by atoms with van der Waals surface area (Å²) in [5.41, 5.74) is 7.53. The molecule has 0 fully saturated rings. The van der Waals surface area contributed by atoms with Crippen LogP contribution in [0.2, 0.25) is 0 Å². The molecule has 31 heavy (non-hydrogen) atoms. The lowest BCUT2D eigenvalue weighted by atomic mass is 10.0. The van der Waals surface area contributed by atoms with Gasteiger partial charge in [-0.05, 0) is 61.2 Å². The first-order chi connectivity index (χ1) is 14.9. The first kappa shape index (κ1) is 20.6. The molecule has 4 rings (SSSR count). The summed E-state index contributed by atoms with van der Waals surface area (Å²) < 4.78 is 1.84. The molecule has 0 spiro atoms. The summed E-state index contributed by atoms with van der Waals surface area (Å²) in [6, 6.07) is 26.2. The van der Waals surface area contributed by atoms with Crippen molar-refractivity contribution < 1.29 is 4.79 Å². The minimum atomic E-state index is -0.225. The van der Waals surface area contributed by atoms with E-state index in [-0.39, 0.29) is 5.91 Å². The van der Waals surface area contributed by atoms with Crippen LogP contribution in [0.5, 0.6) is 0 Å². The van der Waals surface area contributed by atoms with Gasteiger partial charge in [-0.25, -0.2) is 4.68 Å². The first-order valence-electron chi connectivity index (χ1n) is 10.6. The van der Waals surface area contributed by atoms with Crippen LogP contribution in [-0.2, 0) is 0 Å². The van der Waals surface area contributed by atoms with Gasteiger partial charge in [0.25, 0.3) is 5.91 Å². The summed E-state index contributed by atoms with van der Waals surface area (Å²) in [6.45, 7) is 8.41. The number of rotatable bonds is 5. The highest BCUT2D eigenvalue weighted by atomic mass is 16.1. The first-order valence-corrected chi connectivity index (χ1v) is 10.6. The summed E-state index contributed by atoms with van der Waals surface area (Å²) in [5.74, 6) is 0.226. The molecule has 0 aliphatic heterocycles. The van der Waals surface area contributed by atoms with E-state index < -0.39 is 0 Å². The molecule has 1 amide bonds. The minimum Gasteiger partial charge on any atom is -0.321 e. The largest absolute Gasteiger partial charge is 0.321 e. The Bertz CT molecular complexity index is 1200. The van der Waals surface area contributed by atoms with Gasteiger partial charge < -0.3 is 5.32 Å².